The first-order valence-corrected chi connectivity index (χ1v) is 24.5. The molecule has 69 heavy (non-hydrogen) atoms. The van der Waals surface area contributed by atoms with E-state index in [-0.39, 0.29) is 0 Å². The molecule has 0 radical (unpaired) electrons. The van der Waals surface area contributed by atoms with Crippen LogP contribution in [0.15, 0.2) is 199 Å². The summed E-state index contributed by atoms with van der Waals surface area (Å²) in [6, 6.07) is 70.7. The van der Waals surface area contributed by atoms with Gasteiger partial charge in [-0.15, -0.1) is 22.7 Å². The maximum Gasteiger partial charge on any atom is 0.206 e. The molecule has 0 atom stereocenters. The van der Waals surface area contributed by atoms with Crippen molar-refractivity contribution >= 4 is 134 Å². The molecule has 0 amide bonds. The molecule has 15 aromatic rings. The minimum absolute atomic E-state index is 0.402. The molecule has 15 rings (SSSR count). The number of benzene rings is 10. The Labute approximate surface area is 401 Å². The summed E-state index contributed by atoms with van der Waals surface area (Å²) in [5.74, 6) is 0. The molecule has 0 saturated heterocycles. The van der Waals surface area contributed by atoms with Crippen molar-refractivity contribution in [2.45, 2.75) is 0 Å². The maximum absolute atomic E-state index is 12.2. The van der Waals surface area contributed by atoms with Crippen LogP contribution >= 0.6 is 22.7 Å². The van der Waals surface area contributed by atoms with E-state index in [9.17, 15) is 11.8 Å². The van der Waals surface area contributed by atoms with Gasteiger partial charge in [0.1, 0.15) is 11.7 Å². The first-order valence-electron chi connectivity index (χ1n) is 22.9. The predicted molar refractivity (Wildman–Crippen MR) is 290 cm³/mol. The smallest absolute Gasteiger partial charge is 0.206 e. The van der Waals surface area contributed by atoms with Crippen molar-refractivity contribution in [1.29, 1.82) is 5.26 Å². The summed E-state index contributed by atoms with van der Waals surface area (Å²) in [6.07, 6.45) is 0. The summed E-state index contributed by atoms with van der Waals surface area (Å²) < 4.78 is 16.4. The van der Waals surface area contributed by atoms with Gasteiger partial charge in [-0.05, 0) is 41.5 Å². The average molecular weight is 913 g/mol. The van der Waals surface area contributed by atoms with Gasteiger partial charge in [-0.2, -0.15) is 5.26 Å². The fourth-order valence-corrected chi connectivity index (χ4v) is 13.8. The molecule has 0 fully saturated rings. The second-order valence-corrected chi connectivity index (χ2v) is 19.7. The zero-order valence-electron chi connectivity index (χ0n) is 36.5. The van der Waals surface area contributed by atoms with Gasteiger partial charge in [0.25, 0.3) is 0 Å². The lowest BCUT2D eigenvalue weighted by Gasteiger charge is -2.26. The molecular weight excluding hydrogens is 881 g/mol. The van der Waals surface area contributed by atoms with Crippen molar-refractivity contribution < 1.29 is 4.42 Å². The number of furan rings is 1. The van der Waals surface area contributed by atoms with E-state index >= 15 is 0 Å². The summed E-state index contributed by atoms with van der Waals surface area (Å²) in [5, 5.41) is 23.2. The van der Waals surface area contributed by atoms with Gasteiger partial charge in [-0.3, -0.25) is 0 Å². The molecule has 0 N–H and O–H groups in total. The second kappa shape index (κ2) is 14.3. The molecule has 5 nitrogen and oxygen atoms in total. The van der Waals surface area contributed by atoms with E-state index in [1.165, 1.54) is 20.2 Å². The van der Waals surface area contributed by atoms with Crippen LogP contribution in [0.25, 0.3) is 144 Å². The summed E-state index contributed by atoms with van der Waals surface area (Å²) >= 11 is 3.59. The van der Waals surface area contributed by atoms with E-state index in [1.54, 1.807) is 22.7 Å². The van der Waals surface area contributed by atoms with Crippen LogP contribution in [0.3, 0.4) is 0 Å². The summed E-state index contributed by atoms with van der Waals surface area (Å²) in [6.45, 7) is 9.32. The fraction of sp³-hybridized carbons (Fsp3) is 0. The summed E-state index contributed by atoms with van der Waals surface area (Å²) in [7, 11) is 0. The van der Waals surface area contributed by atoms with Crippen LogP contribution in [0.1, 0.15) is 5.56 Å². The number of nitriles is 1. The number of fused-ring (bicyclic) bond motifs is 18. The molecule has 5 aromatic heterocycles. The quantitative estimate of drug-likeness (QED) is 0.165. The monoisotopic (exact) mass is 912 g/mol. The Morgan fingerprint density at radius 3 is 1.54 bits per heavy atom. The Kier molecular flexibility index (Phi) is 7.89. The van der Waals surface area contributed by atoms with Crippen molar-refractivity contribution in [3.8, 4) is 39.7 Å². The highest BCUT2D eigenvalue weighted by atomic mass is 32.1. The van der Waals surface area contributed by atoms with Crippen LogP contribution in [0, 0.1) is 17.9 Å². The van der Waals surface area contributed by atoms with Crippen LogP contribution < -0.4 is 0 Å². The lowest BCUT2D eigenvalue weighted by atomic mass is 9.88. The zero-order valence-corrected chi connectivity index (χ0v) is 38.1. The van der Waals surface area contributed by atoms with Crippen molar-refractivity contribution in [1.82, 2.24) is 9.13 Å². The van der Waals surface area contributed by atoms with Crippen LogP contribution in [0.4, 0.5) is 5.69 Å². The van der Waals surface area contributed by atoms with E-state index in [1.807, 2.05) is 60.7 Å². The topological polar surface area (TPSA) is 51.1 Å². The van der Waals surface area contributed by atoms with Gasteiger partial charge in [-0.25, -0.2) is 4.85 Å². The average Bonchev–Trinajstić information content (AvgIpc) is 4.23. The highest BCUT2D eigenvalue weighted by Gasteiger charge is 2.34. The molecule has 5 heterocycles. The van der Waals surface area contributed by atoms with Crippen LogP contribution in [0.5, 0.6) is 0 Å². The first kappa shape index (κ1) is 38.2. The molecule has 0 aliphatic heterocycles. The molecule has 318 valence electrons. The zero-order chi connectivity index (χ0) is 45.5. The number of hydrogen-bond acceptors (Lipinski definition) is 4. The Balaban J connectivity index is 1.29. The van der Waals surface area contributed by atoms with Crippen molar-refractivity contribution in [2.75, 3.05) is 0 Å². The number of para-hydroxylation sites is 2. The molecule has 0 spiro atoms. The van der Waals surface area contributed by atoms with Crippen LogP contribution in [-0.4, -0.2) is 9.13 Å². The lowest BCUT2D eigenvalue weighted by Crippen LogP contribution is -2.10. The third kappa shape index (κ3) is 5.10. The molecule has 0 unspecified atom stereocenters. The first-order chi connectivity index (χ1) is 34.2. The molecular formula is C62H32N4OS2. The molecule has 10 aromatic carbocycles. The molecule has 0 saturated carbocycles. The Morgan fingerprint density at radius 1 is 0.435 bits per heavy atom. The highest BCUT2D eigenvalue weighted by Crippen LogP contribution is 2.55. The highest BCUT2D eigenvalue weighted by molar-refractivity contribution is 7.27. The molecule has 0 bridgehead atoms. The maximum atomic E-state index is 12.2. The normalized spacial score (nSPS) is 12.0. The fourth-order valence-electron chi connectivity index (χ4n) is 11.4. The van der Waals surface area contributed by atoms with E-state index in [0.29, 0.717) is 22.5 Å². The summed E-state index contributed by atoms with van der Waals surface area (Å²) in [5.41, 5.74) is 10.6. The van der Waals surface area contributed by atoms with E-state index in [4.69, 9.17) is 4.42 Å². The Hall–Kier alpha value is -8.98. The van der Waals surface area contributed by atoms with Crippen molar-refractivity contribution in [3.63, 3.8) is 0 Å². The summed E-state index contributed by atoms with van der Waals surface area (Å²) in [4.78, 5) is 4.55. The third-order valence-electron chi connectivity index (χ3n) is 14.2. The van der Waals surface area contributed by atoms with Crippen LogP contribution in [-0.2, 0) is 0 Å². The van der Waals surface area contributed by atoms with Gasteiger partial charge in [0.05, 0.1) is 55.0 Å². The van der Waals surface area contributed by atoms with E-state index in [0.717, 1.165) is 108 Å². The number of hydrogen-bond donors (Lipinski definition) is 0. The molecule has 0 aliphatic carbocycles. The number of aromatic nitrogens is 2. The Bertz CT molecular complexity index is 4670. The van der Waals surface area contributed by atoms with E-state index < -0.39 is 0 Å². The minimum atomic E-state index is 0.402. The predicted octanol–water partition coefficient (Wildman–Crippen LogP) is 18.3. The van der Waals surface area contributed by atoms with Gasteiger partial charge in [0, 0.05) is 74.4 Å². The van der Waals surface area contributed by atoms with Gasteiger partial charge < -0.3 is 13.6 Å². The standard InChI is InChI=1S/C62H32N4OS2/c1-64-54-52(35-16-4-2-5-17-35)47(34-63)55(65-48-24-12-8-20-37(48)41-28-31-44-38-21-9-13-25-49(38)67-60(44)56(41)65)59(53(54)36-18-6-3-7-19-36)66-57-42(29-32-45-39-22-10-14-26-50(39)68-61(45)57)43-30-33-46-40-23-11-15-27-51(40)69-62(46)58(43)66/h2-33H. The van der Waals surface area contributed by atoms with Crippen molar-refractivity contribution in [3.05, 3.63) is 211 Å². The largest absolute Gasteiger partial charge is 0.454 e. The van der Waals surface area contributed by atoms with Gasteiger partial charge in [0.15, 0.2) is 5.58 Å². The van der Waals surface area contributed by atoms with Crippen molar-refractivity contribution in [2.24, 2.45) is 0 Å². The van der Waals surface area contributed by atoms with E-state index in [2.05, 4.69) is 154 Å². The Morgan fingerprint density at radius 2 is 0.928 bits per heavy atom. The number of thiophene rings is 2. The number of rotatable bonds is 4. The third-order valence-corrected chi connectivity index (χ3v) is 16.6. The number of nitrogens with zero attached hydrogens (tertiary/aromatic N) is 4. The molecule has 7 heteroatoms. The van der Waals surface area contributed by atoms with Gasteiger partial charge in [0.2, 0.25) is 5.69 Å². The van der Waals surface area contributed by atoms with Crippen LogP contribution in [0.2, 0.25) is 0 Å². The lowest BCUT2D eigenvalue weighted by molar-refractivity contribution is 0.671. The minimum Gasteiger partial charge on any atom is -0.454 e. The van der Waals surface area contributed by atoms with Gasteiger partial charge in [-0.1, -0.05) is 164 Å². The SMILES string of the molecule is [C-]#[N+]c1c(-c2ccccc2)c(C#N)c(-n2c3ccccc3c3ccc4c5ccccc5oc4c32)c(-n2c3c(ccc4c5ccccc5sc43)c3ccc4c5ccccc5sc4c32)c1-c1ccccc1. The molecule has 0 aliphatic rings. The van der Waals surface area contributed by atoms with Gasteiger partial charge >= 0.3 is 0 Å². The second-order valence-electron chi connectivity index (χ2n) is 17.6.